The van der Waals surface area contributed by atoms with Crippen LogP contribution < -0.4 is 5.73 Å². The molecule has 0 radical (unpaired) electrons. The van der Waals surface area contributed by atoms with Gasteiger partial charge in [0.05, 0.1) is 11.9 Å². The van der Waals surface area contributed by atoms with E-state index in [9.17, 15) is 8.78 Å². The first kappa shape index (κ1) is 12.6. The molecule has 0 spiro atoms. The van der Waals surface area contributed by atoms with Gasteiger partial charge in [0.2, 0.25) is 5.95 Å². The first-order valence-electron chi connectivity index (χ1n) is 6.36. The van der Waals surface area contributed by atoms with Crippen LogP contribution in [0.25, 0.3) is 27.9 Å². The number of halogens is 2. The number of rotatable bonds is 2. The Labute approximate surface area is 121 Å². The molecule has 7 nitrogen and oxygen atoms in total. The molecule has 0 aromatic carbocycles. The van der Waals surface area contributed by atoms with Crippen LogP contribution in [-0.4, -0.2) is 29.5 Å². The predicted molar refractivity (Wildman–Crippen MR) is 75.2 cm³/mol. The number of nitrogens with one attached hydrogen (secondary N) is 1. The van der Waals surface area contributed by atoms with Crippen molar-refractivity contribution in [2.45, 2.75) is 6.43 Å². The molecule has 9 heteroatoms. The minimum Gasteiger partial charge on any atom is -0.368 e. The van der Waals surface area contributed by atoms with Crippen LogP contribution in [0.15, 0.2) is 30.7 Å². The number of aromatic amines is 1. The van der Waals surface area contributed by atoms with Gasteiger partial charge in [-0.1, -0.05) is 0 Å². The van der Waals surface area contributed by atoms with Crippen molar-refractivity contribution in [1.82, 2.24) is 29.5 Å². The second-order valence-electron chi connectivity index (χ2n) is 4.67. The average Bonchev–Trinajstić information content (AvgIpc) is 3.09. The molecule has 4 aromatic heterocycles. The Morgan fingerprint density at radius 2 is 2.05 bits per heavy atom. The van der Waals surface area contributed by atoms with Crippen LogP contribution in [0.3, 0.4) is 0 Å². The highest BCUT2D eigenvalue weighted by molar-refractivity contribution is 5.92. The van der Waals surface area contributed by atoms with E-state index in [1.165, 1.54) is 0 Å². The van der Waals surface area contributed by atoms with Gasteiger partial charge in [-0.15, -0.1) is 0 Å². The van der Waals surface area contributed by atoms with Gasteiger partial charge >= 0.3 is 0 Å². The minimum atomic E-state index is -2.65. The fraction of sp³-hybridized carbons (Fsp3) is 0.0769. The molecule has 0 saturated heterocycles. The lowest BCUT2D eigenvalue weighted by molar-refractivity contribution is 0.143. The van der Waals surface area contributed by atoms with Crippen molar-refractivity contribution in [2.75, 3.05) is 5.73 Å². The number of aromatic nitrogens is 6. The van der Waals surface area contributed by atoms with Gasteiger partial charge in [0.1, 0.15) is 11.3 Å². The van der Waals surface area contributed by atoms with Crippen LogP contribution >= 0.6 is 0 Å². The predicted octanol–water partition coefficient (Wildman–Crippen LogP) is 2.19. The third-order valence-corrected chi connectivity index (χ3v) is 3.34. The average molecular weight is 301 g/mol. The third kappa shape index (κ3) is 1.79. The Bertz CT molecular complexity index is 989. The van der Waals surface area contributed by atoms with E-state index < -0.39 is 6.43 Å². The van der Waals surface area contributed by atoms with Crippen LogP contribution in [0, 0.1) is 0 Å². The third-order valence-electron chi connectivity index (χ3n) is 3.34. The van der Waals surface area contributed by atoms with E-state index in [-0.39, 0.29) is 11.6 Å². The molecular weight excluding hydrogens is 292 g/mol. The number of hydrogen-bond donors (Lipinski definition) is 2. The molecule has 0 bridgehead atoms. The van der Waals surface area contributed by atoms with Crippen molar-refractivity contribution >= 4 is 22.6 Å². The zero-order valence-electron chi connectivity index (χ0n) is 11.0. The fourth-order valence-electron chi connectivity index (χ4n) is 2.32. The van der Waals surface area contributed by atoms with Crippen molar-refractivity contribution in [3.63, 3.8) is 0 Å². The van der Waals surface area contributed by atoms with Gasteiger partial charge in [-0.05, 0) is 12.1 Å². The standard InChI is InChI=1S/C13H9F2N7/c14-11(15)9-5-17-10-2-1-8(21-22(9)10)6-3-18-12-7(6)4-19-13(16)20-12/h1-5,11H,(H3,16,18,19,20). The van der Waals surface area contributed by atoms with Crippen molar-refractivity contribution in [3.05, 3.63) is 36.4 Å². The van der Waals surface area contributed by atoms with Crippen LogP contribution in [0.2, 0.25) is 0 Å². The number of alkyl halides is 2. The number of hydrogen-bond acceptors (Lipinski definition) is 5. The highest BCUT2D eigenvalue weighted by Gasteiger charge is 2.16. The summed E-state index contributed by atoms with van der Waals surface area (Å²) in [7, 11) is 0. The maximum absolute atomic E-state index is 13.0. The summed E-state index contributed by atoms with van der Waals surface area (Å²) in [5.74, 6) is 0.152. The van der Waals surface area contributed by atoms with E-state index in [1.807, 2.05) is 0 Å². The highest BCUT2D eigenvalue weighted by Crippen LogP contribution is 2.27. The summed E-state index contributed by atoms with van der Waals surface area (Å²) < 4.78 is 27.1. The Hall–Kier alpha value is -3.10. The molecule has 0 aliphatic rings. The number of nitrogens with zero attached hydrogens (tertiary/aromatic N) is 5. The number of H-pyrrole nitrogens is 1. The monoisotopic (exact) mass is 301 g/mol. The quantitative estimate of drug-likeness (QED) is 0.591. The Morgan fingerprint density at radius 1 is 1.18 bits per heavy atom. The first-order valence-corrected chi connectivity index (χ1v) is 6.36. The maximum Gasteiger partial charge on any atom is 0.282 e. The number of imidazole rings is 1. The Morgan fingerprint density at radius 3 is 2.86 bits per heavy atom. The van der Waals surface area contributed by atoms with Crippen molar-refractivity contribution in [2.24, 2.45) is 0 Å². The lowest BCUT2D eigenvalue weighted by Crippen LogP contribution is -1.99. The first-order chi connectivity index (χ1) is 10.6. The zero-order valence-corrected chi connectivity index (χ0v) is 11.0. The second kappa shape index (κ2) is 4.45. The fourth-order valence-corrected chi connectivity index (χ4v) is 2.32. The van der Waals surface area contributed by atoms with E-state index >= 15 is 0 Å². The smallest absolute Gasteiger partial charge is 0.282 e. The Balaban J connectivity index is 1.94. The van der Waals surface area contributed by atoms with Crippen LogP contribution in [0.4, 0.5) is 14.7 Å². The molecule has 4 aromatic rings. The van der Waals surface area contributed by atoms with Crippen LogP contribution in [-0.2, 0) is 0 Å². The van der Waals surface area contributed by atoms with Gasteiger partial charge < -0.3 is 10.7 Å². The normalized spacial score (nSPS) is 11.8. The molecule has 0 aliphatic carbocycles. The molecular formula is C13H9F2N7. The number of fused-ring (bicyclic) bond motifs is 2. The van der Waals surface area contributed by atoms with Gasteiger partial charge in [0.25, 0.3) is 6.43 Å². The molecule has 4 heterocycles. The van der Waals surface area contributed by atoms with Gasteiger partial charge in [0.15, 0.2) is 5.65 Å². The topological polar surface area (TPSA) is 97.8 Å². The summed E-state index contributed by atoms with van der Waals surface area (Å²) in [4.78, 5) is 14.9. The van der Waals surface area contributed by atoms with E-state index in [0.717, 1.165) is 10.7 Å². The van der Waals surface area contributed by atoms with E-state index in [2.05, 4.69) is 25.0 Å². The van der Waals surface area contributed by atoms with Gasteiger partial charge in [-0.2, -0.15) is 10.1 Å². The van der Waals surface area contributed by atoms with Gasteiger partial charge in [-0.3, -0.25) is 0 Å². The molecule has 3 N–H and O–H groups in total. The second-order valence-corrected chi connectivity index (χ2v) is 4.67. The number of anilines is 1. The summed E-state index contributed by atoms with van der Waals surface area (Å²) in [6.45, 7) is 0. The zero-order chi connectivity index (χ0) is 15.3. The summed E-state index contributed by atoms with van der Waals surface area (Å²) in [5, 5.41) is 4.95. The highest BCUT2D eigenvalue weighted by atomic mass is 19.3. The summed E-state index contributed by atoms with van der Waals surface area (Å²) in [6, 6.07) is 3.34. The lowest BCUT2D eigenvalue weighted by atomic mass is 10.2. The van der Waals surface area contributed by atoms with E-state index in [0.29, 0.717) is 27.9 Å². The van der Waals surface area contributed by atoms with E-state index in [4.69, 9.17) is 5.73 Å². The van der Waals surface area contributed by atoms with E-state index in [1.54, 1.807) is 24.5 Å². The molecule has 0 saturated carbocycles. The molecule has 0 atom stereocenters. The molecule has 0 fully saturated rings. The van der Waals surface area contributed by atoms with Gasteiger partial charge in [0, 0.05) is 23.3 Å². The number of nitrogen functional groups attached to an aromatic ring is 1. The molecule has 0 aliphatic heterocycles. The SMILES string of the molecule is Nc1ncc2c(-c3ccc4ncc(C(F)F)n4n3)c[nH]c2n1. The molecule has 0 amide bonds. The van der Waals surface area contributed by atoms with Crippen molar-refractivity contribution in [1.29, 1.82) is 0 Å². The number of nitrogens with two attached hydrogens (primary N) is 1. The minimum absolute atomic E-state index is 0.152. The Kier molecular flexibility index (Phi) is 2.55. The van der Waals surface area contributed by atoms with Crippen LogP contribution in [0.1, 0.15) is 12.1 Å². The summed E-state index contributed by atoms with van der Waals surface area (Å²) >= 11 is 0. The largest absolute Gasteiger partial charge is 0.368 e. The maximum atomic E-state index is 13.0. The molecule has 22 heavy (non-hydrogen) atoms. The lowest BCUT2D eigenvalue weighted by Gasteiger charge is -2.03. The van der Waals surface area contributed by atoms with Gasteiger partial charge in [-0.25, -0.2) is 23.3 Å². The van der Waals surface area contributed by atoms with Crippen molar-refractivity contribution < 1.29 is 8.78 Å². The van der Waals surface area contributed by atoms with Crippen molar-refractivity contribution in [3.8, 4) is 11.3 Å². The summed E-state index contributed by atoms with van der Waals surface area (Å²) in [6.07, 6.45) is 1.72. The summed E-state index contributed by atoms with van der Waals surface area (Å²) in [5.41, 5.74) is 7.41. The van der Waals surface area contributed by atoms with Crippen LogP contribution in [0.5, 0.6) is 0 Å². The molecule has 4 rings (SSSR count). The molecule has 0 unspecified atom stereocenters. The molecule has 110 valence electrons.